The van der Waals surface area contributed by atoms with Crippen molar-refractivity contribution in [3.05, 3.63) is 40.3 Å². The van der Waals surface area contributed by atoms with Gasteiger partial charge in [-0.2, -0.15) is 0 Å². The van der Waals surface area contributed by atoms with E-state index >= 15 is 0 Å². The number of carbonyl (C=O) groups excluding carboxylic acids is 1. The van der Waals surface area contributed by atoms with Crippen LogP contribution in [0.15, 0.2) is 18.2 Å². The van der Waals surface area contributed by atoms with Crippen LogP contribution in [-0.4, -0.2) is 5.91 Å². The number of hydrogen-bond acceptors (Lipinski definition) is 3. The van der Waals surface area contributed by atoms with E-state index in [1.807, 2.05) is 0 Å². The summed E-state index contributed by atoms with van der Waals surface area (Å²) in [6.07, 6.45) is 0. The van der Waals surface area contributed by atoms with Crippen LogP contribution in [0.4, 0.5) is 8.78 Å². The van der Waals surface area contributed by atoms with E-state index in [1.165, 1.54) is 0 Å². The van der Waals surface area contributed by atoms with Crippen LogP contribution in [0.1, 0.15) is 15.2 Å². The lowest BCUT2D eigenvalue weighted by Gasteiger charge is -2.17. The fourth-order valence-corrected chi connectivity index (χ4v) is 2.98. The highest BCUT2D eigenvalue weighted by molar-refractivity contribution is 7.17. The molecule has 1 aromatic heterocycles. The zero-order valence-electron chi connectivity index (χ0n) is 9.00. The number of ether oxygens (including phenoxy) is 1. The summed E-state index contributed by atoms with van der Waals surface area (Å²) in [7, 11) is 0. The summed E-state index contributed by atoms with van der Waals surface area (Å²) in [6, 6.07) is 3.50. The molecule has 0 bridgehead atoms. The molecule has 3 nitrogen and oxygen atoms in total. The minimum Gasteiger partial charge on any atom is -0.488 e. The van der Waals surface area contributed by atoms with Gasteiger partial charge in [0, 0.05) is 22.6 Å². The van der Waals surface area contributed by atoms with Crippen molar-refractivity contribution in [1.82, 2.24) is 0 Å². The van der Waals surface area contributed by atoms with Gasteiger partial charge in [0.2, 0.25) is 0 Å². The molecule has 0 aliphatic carbocycles. The summed E-state index contributed by atoms with van der Waals surface area (Å²) in [4.78, 5) is 12.0. The lowest BCUT2D eigenvalue weighted by molar-refractivity contribution is 0.100. The van der Waals surface area contributed by atoms with Gasteiger partial charge < -0.3 is 10.5 Å². The standard InChI is InChI=1S/C12H7F2NO2S/c13-6-2-7(14)10-8(3-6)17-4-5-1-9(12(15)16)18-11(5)10/h1-3H,4H2,(H2,15,16). The predicted molar refractivity (Wildman–Crippen MR) is 62.5 cm³/mol. The van der Waals surface area contributed by atoms with Gasteiger partial charge in [0.25, 0.3) is 5.91 Å². The average molecular weight is 267 g/mol. The summed E-state index contributed by atoms with van der Waals surface area (Å²) in [6.45, 7) is 0.176. The zero-order chi connectivity index (χ0) is 12.9. The Morgan fingerprint density at radius 2 is 2.11 bits per heavy atom. The Bertz CT molecular complexity index is 666. The highest BCUT2D eigenvalue weighted by Crippen LogP contribution is 2.44. The van der Waals surface area contributed by atoms with Crippen molar-refractivity contribution in [2.24, 2.45) is 5.73 Å². The first kappa shape index (κ1) is 11.2. The monoisotopic (exact) mass is 267 g/mol. The Morgan fingerprint density at radius 3 is 2.83 bits per heavy atom. The van der Waals surface area contributed by atoms with E-state index in [2.05, 4.69) is 0 Å². The van der Waals surface area contributed by atoms with Crippen LogP contribution in [0.2, 0.25) is 0 Å². The lowest BCUT2D eigenvalue weighted by atomic mass is 10.1. The number of nitrogens with two attached hydrogens (primary N) is 1. The van der Waals surface area contributed by atoms with E-state index < -0.39 is 17.5 Å². The van der Waals surface area contributed by atoms with E-state index in [9.17, 15) is 13.6 Å². The number of halogens is 2. The van der Waals surface area contributed by atoms with Crippen LogP contribution in [0, 0.1) is 11.6 Å². The first-order valence-corrected chi connectivity index (χ1v) is 5.92. The molecule has 0 saturated heterocycles. The van der Waals surface area contributed by atoms with E-state index in [-0.39, 0.29) is 17.9 Å². The average Bonchev–Trinajstić information content (AvgIpc) is 2.71. The first-order chi connectivity index (χ1) is 8.56. The van der Waals surface area contributed by atoms with Crippen LogP contribution in [0.25, 0.3) is 10.4 Å². The fraction of sp³-hybridized carbons (Fsp3) is 0.0833. The molecule has 6 heteroatoms. The smallest absolute Gasteiger partial charge is 0.258 e. The van der Waals surface area contributed by atoms with Crippen molar-refractivity contribution in [3.63, 3.8) is 0 Å². The van der Waals surface area contributed by atoms with Crippen LogP contribution < -0.4 is 10.5 Å². The van der Waals surface area contributed by atoms with E-state index in [1.54, 1.807) is 6.07 Å². The molecule has 3 rings (SSSR count). The van der Waals surface area contributed by atoms with Gasteiger partial charge >= 0.3 is 0 Å². The topological polar surface area (TPSA) is 52.3 Å². The van der Waals surface area contributed by atoms with Crippen LogP contribution in [0.3, 0.4) is 0 Å². The minimum absolute atomic E-state index is 0.151. The molecule has 92 valence electrons. The van der Waals surface area contributed by atoms with Crippen molar-refractivity contribution in [2.75, 3.05) is 0 Å². The number of thiophene rings is 1. The largest absolute Gasteiger partial charge is 0.488 e. The van der Waals surface area contributed by atoms with E-state index in [0.29, 0.717) is 15.3 Å². The third-order valence-corrected chi connectivity index (χ3v) is 3.89. The second-order valence-corrected chi connectivity index (χ2v) is 4.93. The quantitative estimate of drug-likeness (QED) is 0.863. The molecule has 0 radical (unpaired) electrons. The second kappa shape index (κ2) is 3.78. The third-order valence-electron chi connectivity index (χ3n) is 2.68. The fourth-order valence-electron chi connectivity index (χ4n) is 1.91. The van der Waals surface area contributed by atoms with Crippen molar-refractivity contribution in [1.29, 1.82) is 0 Å². The van der Waals surface area contributed by atoms with Gasteiger partial charge in [0.15, 0.2) is 0 Å². The van der Waals surface area contributed by atoms with Crippen molar-refractivity contribution >= 4 is 17.2 Å². The van der Waals surface area contributed by atoms with Crippen LogP contribution in [-0.2, 0) is 6.61 Å². The normalized spacial score (nSPS) is 12.6. The molecule has 2 aromatic rings. The summed E-state index contributed by atoms with van der Waals surface area (Å²) in [5.41, 5.74) is 6.06. The highest BCUT2D eigenvalue weighted by atomic mass is 32.1. The van der Waals surface area contributed by atoms with Crippen molar-refractivity contribution < 1.29 is 18.3 Å². The van der Waals surface area contributed by atoms with Gasteiger partial charge in [-0.25, -0.2) is 8.78 Å². The van der Waals surface area contributed by atoms with Gasteiger partial charge in [-0.3, -0.25) is 4.79 Å². The Kier molecular flexibility index (Phi) is 2.34. The Balaban J connectivity index is 2.25. The second-order valence-electron chi connectivity index (χ2n) is 3.88. The van der Waals surface area contributed by atoms with Crippen molar-refractivity contribution in [2.45, 2.75) is 6.61 Å². The Labute approximate surface area is 105 Å². The third kappa shape index (κ3) is 1.57. The summed E-state index contributed by atoms with van der Waals surface area (Å²) in [5, 5.41) is 0. The molecule has 0 atom stereocenters. The number of rotatable bonds is 1. The first-order valence-electron chi connectivity index (χ1n) is 5.11. The maximum Gasteiger partial charge on any atom is 0.258 e. The molecule has 2 N–H and O–H groups in total. The highest BCUT2D eigenvalue weighted by Gasteiger charge is 2.25. The predicted octanol–water partition coefficient (Wildman–Crippen LogP) is 2.68. The van der Waals surface area contributed by atoms with Gasteiger partial charge in [-0.1, -0.05) is 0 Å². The summed E-state index contributed by atoms with van der Waals surface area (Å²) >= 11 is 1.09. The van der Waals surface area contributed by atoms with E-state index in [4.69, 9.17) is 10.5 Å². The molecule has 1 aliphatic rings. The molecular weight excluding hydrogens is 260 g/mol. The molecule has 1 aliphatic heterocycles. The number of hydrogen-bond donors (Lipinski definition) is 1. The molecule has 0 unspecified atom stereocenters. The number of primary amides is 1. The number of amides is 1. The minimum atomic E-state index is -0.705. The molecule has 1 amide bonds. The van der Waals surface area contributed by atoms with Crippen LogP contribution >= 0.6 is 11.3 Å². The zero-order valence-corrected chi connectivity index (χ0v) is 9.81. The van der Waals surface area contributed by atoms with Gasteiger partial charge in [-0.15, -0.1) is 11.3 Å². The lowest BCUT2D eigenvalue weighted by Crippen LogP contribution is -2.08. The van der Waals surface area contributed by atoms with Crippen molar-refractivity contribution in [3.8, 4) is 16.2 Å². The SMILES string of the molecule is NC(=O)c1cc2c(s1)-c1c(F)cc(F)cc1OC2. The number of fused-ring (bicyclic) bond motifs is 3. The summed E-state index contributed by atoms with van der Waals surface area (Å²) in [5.74, 6) is -1.82. The molecule has 1 aromatic carbocycles. The molecule has 18 heavy (non-hydrogen) atoms. The Hall–Kier alpha value is -1.95. The molecule has 0 spiro atoms. The summed E-state index contributed by atoms with van der Waals surface area (Å²) < 4.78 is 32.1. The number of carbonyl (C=O) groups is 1. The van der Waals surface area contributed by atoms with Gasteiger partial charge in [0.05, 0.1) is 10.4 Å². The molecule has 0 fully saturated rings. The molecule has 0 saturated carbocycles. The Morgan fingerprint density at radius 1 is 1.33 bits per heavy atom. The van der Waals surface area contributed by atoms with Crippen LogP contribution in [0.5, 0.6) is 5.75 Å². The van der Waals surface area contributed by atoms with Gasteiger partial charge in [0.1, 0.15) is 24.0 Å². The maximum absolute atomic E-state index is 13.8. The number of benzene rings is 1. The van der Waals surface area contributed by atoms with E-state index in [0.717, 1.165) is 23.5 Å². The molecule has 2 heterocycles. The van der Waals surface area contributed by atoms with Gasteiger partial charge in [-0.05, 0) is 6.07 Å². The molecular formula is C12H7F2NO2S. The maximum atomic E-state index is 13.8.